The molecule has 2 N–H and O–H groups in total. The maximum Gasteiger partial charge on any atom is 0.0317 e. The van der Waals surface area contributed by atoms with Crippen molar-refractivity contribution in [3.8, 4) is 0 Å². The highest BCUT2D eigenvalue weighted by molar-refractivity contribution is 5.46. The van der Waals surface area contributed by atoms with Crippen LogP contribution in [0.3, 0.4) is 0 Å². The smallest absolute Gasteiger partial charge is 0.0317 e. The molecule has 18 heavy (non-hydrogen) atoms. The van der Waals surface area contributed by atoms with Gasteiger partial charge in [-0.3, -0.25) is 4.90 Å². The van der Waals surface area contributed by atoms with Crippen LogP contribution in [0, 0.1) is 17.8 Å². The van der Waals surface area contributed by atoms with Gasteiger partial charge in [-0.05, 0) is 66.7 Å². The van der Waals surface area contributed by atoms with Crippen molar-refractivity contribution in [2.75, 3.05) is 12.3 Å². The molecule has 2 fully saturated rings. The molecule has 96 valence electrons. The van der Waals surface area contributed by atoms with Gasteiger partial charge in [0.15, 0.2) is 0 Å². The number of hydrogen-bond acceptors (Lipinski definition) is 2. The van der Waals surface area contributed by atoms with E-state index in [0.717, 1.165) is 36.5 Å². The third kappa shape index (κ3) is 2.03. The molecule has 1 aromatic carbocycles. The van der Waals surface area contributed by atoms with E-state index in [-0.39, 0.29) is 0 Å². The standard InChI is InChI=1S/C16H22N2/c17-15-6-5-13-8-18(9-14(13)7-15)10-16(11-1-2-11)12-3-4-12/h5-7,11-12,16H,1-4,8-10,17H2. The first kappa shape index (κ1) is 10.9. The second-order valence-electron chi connectivity index (χ2n) is 6.54. The predicted octanol–water partition coefficient (Wildman–Crippen LogP) is 3.02. The van der Waals surface area contributed by atoms with Gasteiger partial charge in [0, 0.05) is 25.3 Å². The third-order valence-corrected chi connectivity index (χ3v) is 4.94. The summed E-state index contributed by atoms with van der Waals surface area (Å²) in [7, 11) is 0. The molecule has 0 aromatic heterocycles. The molecule has 1 aliphatic heterocycles. The van der Waals surface area contributed by atoms with E-state index >= 15 is 0 Å². The fourth-order valence-electron chi connectivity index (χ4n) is 3.64. The molecule has 0 saturated heterocycles. The molecular formula is C16H22N2. The van der Waals surface area contributed by atoms with E-state index in [4.69, 9.17) is 5.73 Å². The van der Waals surface area contributed by atoms with Gasteiger partial charge in [-0.1, -0.05) is 6.07 Å². The SMILES string of the molecule is Nc1ccc2c(c1)CN(CC(C1CC1)C1CC1)C2. The molecule has 2 heteroatoms. The third-order valence-electron chi connectivity index (χ3n) is 4.94. The Kier molecular flexibility index (Phi) is 2.41. The maximum absolute atomic E-state index is 5.88. The molecule has 0 bridgehead atoms. The van der Waals surface area contributed by atoms with Crippen molar-refractivity contribution in [2.24, 2.45) is 17.8 Å². The van der Waals surface area contributed by atoms with Crippen LogP contribution in [0.1, 0.15) is 36.8 Å². The Hall–Kier alpha value is -1.02. The largest absolute Gasteiger partial charge is 0.399 e. The number of benzene rings is 1. The Morgan fingerprint density at radius 1 is 1.06 bits per heavy atom. The summed E-state index contributed by atoms with van der Waals surface area (Å²) < 4.78 is 0. The van der Waals surface area contributed by atoms with Crippen molar-refractivity contribution in [2.45, 2.75) is 38.8 Å². The van der Waals surface area contributed by atoms with Crippen molar-refractivity contribution < 1.29 is 0 Å². The zero-order chi connectivity index (χ0) is 12.1. The first-order chi connectivity index (χ1) is 8.79. The lowest BCUT2D eigenvalue weighted by Gasteiger charge is -2.23. The maximum atomic E-state index is 5.88. The normalized spacial score (nSPS) is 23.6. The van der Waals surface area contributed by atoms with Crippen LogP contribution in [0.15, 0.2) is 18.2 Å². The number of nitrogens with zero attached hydrogens (tertiary/aromatic N) is 1. The highest BCUT2D eigenvalue weighted by Gasteiger charge is 2.42. The van der Waals surface area contributed by atoms with Crippen LogP contribution >= 0.6 is 0 Å². The Morgan fingerprint density at radius 3 is 2.39 bits per heavy atom. The van der Waals surface area contributed by atoms with E-state index in [0.29, 0.717) is 0 Å². The summed E-state index contributed by atoms with van der Waals surface area (Å²) in [6.45, 7) is 3.59. The van der Waals surface area contributed by atoms with Crippen LogP contribution in [0.2, 0.25) is 0 Å². The monoisotopic (exact) mass is 242 g/mol. The molecule has 2 nitrogen and oxygen atoms in total. The van der Waals surface area contributed by atoms with Crippen LogP contribution in [0.5, 0.6) is 0 Å². The van der Waals surface area contributed by atoms with E-state index in [1.165, 1.54) is 43.4 Å². The summed E-state index contributed by atoms with van der Waals surface area (Å²) in [6, 6.07) is 6.42. The Balaban J connectivity index is 1.45. The lowest BCUT2D eigenvalue weighted by molar-refractivity contribution is 0.206. The molecule has 0 unspecified atom stereocenters. The fourth-order valence-corrected chi connectivity index (χ4v) is 3.64. The Morgan fingerprint density at radius 2 is 1.72 bits per heavy atom. The molecule has 0 amide bonds. The molecule has 2 aliphatic carbocycles. The van der Waals surface area contributed by atoms with Crippen LogP contribution < -0.4 is 5.73 Å². The Labute approximate surface area is 109 Å². The highest BCUT2D eigenvalue weighted by Crippen LogP contribution is 2.49. The summed E-state index contributed by atoms with van der Waals surface area (Å²) >= 11 is 0. The van der Waals surface area contributed by atoms with E-state index in [2.05, 4.69) is 17.0 Å². The van der Waals surface area contributed by atoms with Crippen molar-refractivity contribution in [1.82, 2.24) is 4.90 Å². The quantitative estimate of drug-likeness (QED) is 0.822. The van der Waals surface area contributed by atoms with Crippen molar-refractivity contribution in [3.63, 3.8) is 0 Å². The zero-order valence-electron chi connectivity index (χ0n) is 10.9. The van der Waals surface area contributed by atoms with Crippen LogP contribution in [-0.4, -0.2) is 11.4 Å². The Bertz CT molecular complexity index is 448. The molecule has 0 atom stereocenters. The lowest BCUT2D eigenvalue weighted by Crippen LogP contribution is -2.27. The second-order valence-corrected chi connectivity index (χ2v) is 6.54. The minimum Gasteiger partial charge on any atom is -0.399 e. The van der Waals surface area contributed by atoms with E-state index in [1.807, 2.05) is 6.07 Å². The van der Waals surface area contributed by atoms with Gasteiger partial charge in [0.25, 0.3) is 0 Å². The molecule has 1 heterocycles. The van der Waals surface area contributed by atoms with Gasteiger partial charge >= 0.3 is 0 Å². The summed E-state index contributed by atoms with van der Waals surface area (Å²) in [4.78, 5) is 2.64. The number of hydrogen-bond donors (Lipinski definition) is 1. The minimum atomic E-state index is 0.913. The van der Waals surface area contributed by atoms with Crippen molar-refractivity contribution in [3.05, 3.63) is 29.3 Å². The summed E-state index contributed by atoms with van der Waals surface area (Å²) in [6.07, 6.45) is 5.98. The van der Waals surface area contributed by atoms with Crippen molar-refractivity contribution >= 4 is 5.69 Å². The summed E-state index contributed by atoms with van der Waals surface area (Å²) in [5.74, 6) is 3.12. The van der Waals surface area contributed by atoms with Crippen LogP contribution in [0.4, 0.5) is 5.69 Å². The second kappa shape index (κ2) is 3.99. The predicted molar refractivity (Wildman–Crippen MR) is 73.9 cm³/mol. The molecule has 2 saturated carbocycles. The van der Waals surface area contributed by atoms with Crippen LogP contribution in [0.25, 0.3) is 0 Å². The van der Waals surface area contributed by atoms with Gasteiger partial charge in [0.05, 0.1) is 0 Å². The zero-order valence-corrected chi connectivity index (χ0v) is 10.9. The fraction of sp³-hybridized carbons (Fsp3) is 0.625. The average Bonchev–Trinajstić information content (AvgIpc) is 3.23. The molecule has 3 aliphatic rings. The first-order valence-electron chi connectivity index (χ1n) is 7.39. The van der Waals surface area contributed by atoms with Gasteiger partial charge in [-0.25, -0.2) is 0 Å². The molecular weight excluding hydrogens is 220 g/mol. The lowest BCUT2D eigenvalue weighted by atomic mass is 9.97. The number of fused-ring (bicyclic) bond motifs is 1. The molecule has 0 spiro atoms. The number of rotatable bonds is 4. The van der Waals surface area contributed by atoms with Crippen molar-refractivity contribution in [1.29, 1.82) is 0 Å². The average molecular weight is 242 g/mol. The van der Waals surface area contributed by atoms with Gasteiger partial charge in [0.2, 0.25) is 0 Å². The topological polar surface area (TPSA) is 29.3 Å². The first-order valence-corrected chi connectivity index (χ1v) is 7.39. The number of nitrogens with two attached hydrogens (primary N) is 1. The minimum absolute atomic E-state index is 0.913. The molecule has 0 radical (unpaired) electrons. The summed E-state index contributed by atoms with van der Waals surface area (Å²) in [5, 5.41) is 0. The van der Waals surface area contributed by atoms with Crippen LogP contribution in [-0.2, 0) is 13.1 Å². The van der Waals surface area contributed by atoms with Gasteiger partial charge in [-0.15, -0.1) is 0 Å². The highest BCUT2D eigenvalue weighted by atomic mass is 15.1. The molecule has 4 rings (SSSR count). The number of anilines is 1. The van der Waals surface area contributed by atoms with E-state index in [1.54, 1.807) is 0 Å². The van der Waals surface area contributed by atoms with E-state index in [9.17, 15) is 0 Å². The summed E-state index contributed by atoms with van der Waals surface area (Å²) in [5.41, 5.74) is 9.74. The van der Waals surface area contributed by atoms with Gasteiger partial charge in [-0.2, -0.15) is 0 Å². The number of nitrogen functional groups attached to an aromatic ring is 1. The van der Waals surface area contributed by atoms with Gasteiger partial charge < -0.3 is 5.73 Å². The van der Waals surface area contributed by atoms with Gasteiger partial charge in [0.1, 0.15) is 0 Å². The van der Waals surface area contributed by atoms with E-state index < -0.39 is 0 Å². The molecule has 1 aromatic rings.